The Kier molecular flexibility index (Phi) is 13.5. The van der Waals surface area contributed by atoms with Crippen molar-refractivity contribution < 1.29 is 0 Å². The second-order valence-electron chi connectivity index (χ2n) is 15.5. The lowest BCUT2D eigenvalue weighted by molar-refractivity contribution is 0.607. The van der Waals surface area contributed by atoms with Crippen LogP contribution in [-0.4, -0.2) is 0 Å². The van der Waals surface area contributed by atoms with Crippen LogP contribution >= 0.6 is 0 Å². The van der Waals surface area contributed by atoms with E-state index in [0.717, 1.165) is 24.2 Å². The Morgan fingerprint density at radius 2 is 0.855 bits per heavy atom. The molecule has 1 heteroatoms. The van der Waals surface area contributed by atoms with Crippen LogP contribution in [0.4, 0.5) is 11.4 Å². The number of unbranched alkanes of at least 4 members (excludes halogenated alkanes) is 10. The second kappa shape index (κ2) is 19.4. The van der Waals surface area contributed by atoms with Gasteiger partial charge in [0.2, 0.25) is 0 Å². The van der Waals surface area contributed by atoms with Crippen molar-refractivity contribution in [2.24, 2.45) is 0 Å². The van der Waals surface area contributed by atoms with E-state index in [9.17, 15) is 0 Å². The van der Waals surface area contributed by atoms with Gasteiger partial charge in [0.25, 0.3) is 0 Å². The predicted octanol–water partition coefficient (Wildman–Crippen LogP) is 16.5. The number of hydrogen-bond acceptors (Lipinski definition) is 1. The van der Waals surface area contributed by atoms with Crippen molar-refractivity contribution in [3.05, 3.63) is 157 Å². The van der Waals surface area contributed by atoms with Crippen molar-refractivity contribution >= 4 is 32.9 Å². The summed E-state index contributed by atoms with van der Waals surface area (Å²) >= 11 is 0. The molecule has 7 aromatic carbocycles. The average Bonchev–Trinajstić information content (AvgIpc) is 3.24. The molecule has 0 aliphatic carbocycles. The first kappa shape index (κ1) is 38.1. The predicted molar refractivity (Wildman–Crippen MR) is 242 cm³/mol. The normalized spacial score (nSPS) is 11.4. The van der Waals surface area contributed by atoms with Crippen molar-refractivity contribution in [1.82, 2.24) is 0 Å². The van der Waals surface area contributed by atoms with Gasteiger partial charge in [0.15, 0.2) is 0 Å². The number of aryl methyl sites for hydroxylation is 2. The molecule has 0 heterocycles. The summed E-state index contributed by atoms with van der Waals surface area (Å²) in [6.07, 6.45) is 17.9. The zero-order valence-corrected chi connectivity index (χ0v) is 33.3. The minimum Gasteiger partial charge on any atom is -0.356 e. The maximum atomic E-state index is 3.64. The van der Waals surface area contributed by atoms with Crippen LogP contribution in [0.1, 0.15) is 102 Å². The van der Waals surface area contributed by atoms with Crippen LogP contribution in [-0.2, 0) is 12.8 Å². The first-order valence-corrected chi connectivity index (χ1v) is 21.3. The van der Waals surface area contributed by atoms with Crippen LogP contribution in [0.15, 0.2) is 146 Å². The van der Waals surface area contributed by atoms with E-state index in [4.69, 9.17) is 0 Å². The fourth-order valence-electron chi connectivity index (χ4n) is 8.45. The Hall–Kier alpha value is -5.14. The average molecular weight is 722 g/mol. The highest BCUT2D eigenvalue weighted by molar-refractivity contribution is 6.11. The van der Waals surface area contributed by atoms with E-state index in [1.807, 2.05) is 0 Å². The van der Waals surface area contributed by atoms with Gasteiger partial charge in [-0.3, -0.25) is 0 Å². The lowest BCUT2D eigenvalue weighted by Gasteiger charge is -2.22. The molecule has 0 atom stereocenters. The highest BCUT2D eigenvalue weighted by Crippen LogP contribution is 2.44. The van der Waals surface area contributed by atoms with E-state index < -0.39 is 0 Å². The van der Waals surface area contributed by atoms with Gasteiger partial charge < -0.3 is 5.32 Å². The quantitative estimate of drug-likeness (QED) is 0.0820. The lowest BCUT2D eigenvalue weighted by atomic mass is 9.82. The Bertz CT molecular complexity index is 2250. The van der Waals surface area contributed by atoms with E-state index in [2.05, 4.69) is 165 Å². The summed E-state index contributed by atoms with van der Waals surface area (Å²) in [4.78, 5) is 0. The second-order valence-corrected chi connectivity index (χ2v) is 15.5. The first-order valence-electron chi connectivity index (χ1n) is 21.3. The molecule has 0 spiro atoms. The minimum absolute atomic E-state index is 1.09. The third-order valence-electron chi connectivity index (χ3n) is 11.5. The molecule has 1 N–H and O–H groups in total. The van der Waals surface area contributed by atoms with Crippen molar-refractivity contribution in [3.8, 4) is 33.4 Å². The SMILES string of the molecule is CCCCCCCCc1ccc2ccccc2c1-c1c(CCCCCCCC)cc(-c2ccc(Nc3ccc(-c4ccccc4)cc3)cc2)c2ccccc12. The number of rotatable bonds is 19. The molecule has 0 saturated heterocycles. The molecule has 0 unspecified atom stereocenters. The van der Waals surface area contributed by atoms with Gasteiger partial charge in [-0.25, -0.2) is 0 Å². The van der Waals surface area contributed by atoms with Gasteiger partial charge >= 0.3 is 0 Å². The Morgan fingerprint density at radius 1 is 0.364 bits per heavy atom. The molecule has 0 amide bonds. The molecule has 280 valence electrons. The summed E-state index contributed by atoms with van der Waals surface area (Å²) in [7, 11) is 0. The van der Waals surface area contributed by atoms with Crippen LogP contribution < -0.4 is 5.32 Å². The molecular weight excluding hydrogens is 663 g/mol. The molecule has 1 nitrogen and oxygen atoms in total. The molecular formula is C54H59N. The van der Waals surface area contributed by atoms with Crippen LogP contribution in [0.3, 0.4) is 0 Å². The number of anilines is 2. The first-order chi connectivity index (χ1) is 27.2. The molecule has 0 aliphatic heterocycles. The summed E-state index contributed by atoms with van der Waals surface area (Å²) in [6, 6.07) is 54.1. The van der Waals surface area contributed by atoms with E-state index in [-0.39, 0.29) is 0 Å². The molecule has 0 aromatic heterocycles. The molecule has 0 bridgehead atoms. The monoisotopic (exact) mass is 721 g/mol. The summed E-state index contributed by atoms with van der Waals surface area (Å²) in [5.41, 5.74) is 13.2. The standard InChI is InChI=1S/C54H59N/c1-3-5-7-9-11-14-25-45-31-30-43-24-18-19-27-49(43)53(45)54-46(26-15-12-10-8-6-4-2)40-52(50-28-20-21-29-51(50)54)44-34-38-48(39-35-44)55-47-36-32-42(33-37-47)41-22-16-13-17-23-41/h13,16-24,27-40,55H,3-12,14-15,25-26H2,1-2H3. The van der Waals surface area contributed by atoms with E-state index in [0.29, 0.717) is 0 Å². The van der Waals surface area contributed by atoms with Gasteiger partial charge in [-0.15, -0.1) is 0 Å². The zero-order valence-electron chi connectivity index (χ0n) is 33.3. The largest absolute Gasteiger partial charge is 0.356 e. The molecule has 0 aliphatic rings. The number of fused-ring (bicyclic) bond motifs is 2. The Balaban J connectivity index is 1.25. The minimum atomic E-state index is 1.09. The fraction of sp³-hybridized carbons (Fsp3) is 0.296. The lowest BCUT2D eigenvalue weighted by Crippen LogP contribution is -2.00. The molecule has 7 aromatic rings. The summed E-state index contributed by atoms with van der Waals surface area (Å²) < 4.78 is 0. The third kappa shape index (κ3) is 9.57. The van der Waals surface area contributed by atoms with E-state index >= 15 is 0 Å². The van der Waals surface area contributed by atoms with Gasteiger partial charge in [-0.2, -0.15) is 0 Å². The van der Waals surface area contributed by atoms with Gasteiger partial charge in [0, 0.05) is 11.4 Å². The molecule has 0 fully saturated rings. The molecule has 7 rings (SSSR count). The maximum Gasteiger partial charge on any atom is 0.0384 e. The molecule has 0 saturated carbocycles. The van der Waals surface area contributed by atoms with Gasteiger partial charge in [0.05, 0.1) is 0 Å². The van der Waals surface area contributed by atoms with Crippen LogP contribution in [0.2, 0.25) is 0 Å². The summed E-state index contributed by atoms with van der Waals surface area (Å²) in [5, 5.41) is 9.08. The van der Waals surface area contributed by atoms with E-state index in [1.54, 1.807) is 0 Å². The Morgan fingerprint density at radius 3 is 1.51 bits per heavy atom. The Labute approximate surface area is 330 Å². The summed E-state index contributed by atoms with van der Waals surface area (Å²) in [5.74, 6) is 0. The van der Waals surface area contributed by atoms with E-state index in [1.165, 1.54) is 143 Å². The van der Waals surface area contributed by atoms with Crippen LogP contribution in [0, 0.1) is 0 Å². The van der Waals surface area contributed by atoms with Gasteiger partial charge in [0.1, 0.15) is 0 Å². The highest BCUT2D eigenvalue weighted by Gasteiger charge is 2.20. The molecule has 55 heavy (non-hydrogen) atoms. The molecule has 0 radical (unpaired) electrons. The fourth-order valence-corrected chi connectivity index (χ4v) is 8.45. The van der Waals surface area contributed by atoms with Gasteiger partial charge in [-0.1, -0.05) is 193 Å². The third-order valence-corrected chi connectivity index (χ3v) is 11.5. The van der Waals surface area contributed by atoms with Crippen molar-refractivity contribution in [3.63, 3.8) is 0 Å². The summed E-state index contributed by atoms with van der Waals surface area (Å²) in [6.45, 7) is 4.61. The van der Waals surface area contributed by atoms with Crippen molar-refractivity contribution in [2.45, 2.75) is 104 Å². The number of nitrogens with one attached hydrogen (secondary N) is 1. The number of hydrogen-bond donors (Lipinski definition) is 1. The highest BCUT2D eigenvalue weighted by atomic mass is 14.9. The van der Waals surface area contributed by atoms with Crippen molar-refractivity contribution in [2.75, 3.05) is 5.32 Å². The van der Waals surface area contributed by atoms with Crippen molar-refractivity contribution in [1.29, 1.82) is 0 Å². The zero-order chi connectivity index (χ0) is 37.7. The van der Waals surface area contributed by atoms with Gasteiger partial charge in [-0.05, 0) is 122 Å². The smallest absolute Gasteiger partial charge is 0.0384 e. The van der Waals surface area contributed by atoms with Crippen LogP contribution in [0.25, 0.3) is 54.9 Å². The maximum absolute atomic E-state index is 3.64. The topological polar surface area (TPSA) is 12.0 Å². The van der Waals surface area contributed by atoms with Crippen LogP contribution in [0.5, 0.6) is 0 Å². The number of benzene rings is 7.